The summed E-state index contributed by atoms with van der Waals surface area (Å²) in [4.78, 5) is 25.9. The molecule has 0 N–H and O–H groups in total. The Morgan fingerprint density at radius 1 is 1.31 bits per heavy atom. The lowest BCUT2D eigenvalue weighted by atomic mass is 9.91. The molecule has 29 heavy (non-hydrogen) atoms. The monoisotopic (exact) mass is 450 g/mol. The minimum absolute atomic E-state index is 0.0343. The van der Waals surface area contributed by atoms with Crippen molar-refractivity contribution in [2.75, 3.05) is 18.1 Å². The van der Waals surface area contributed by atoms with Gasteiger partial charge in [-0.1, -0.05) is 12.1 Å². The summed E-state index contributed by atoms with van der Waals surface area (Å²) < 4.78 is 2.44. The van der Waals surface area contributed by atoms with Crippen molar-refractivity contribution in [3.63, 3.8) is 0 Å². The topological polar surface area (TPSA) is 66.1 Å². The lowest BCUT2D eigenvalue weighted by Crippen LogP contribution is -2.39. The van der Waals surface area contributed by atoms with E-state index in [2.05, 4.69) is 61.0 Å². The predicted octanol–water partition coefficient (Wildman–Crippen LogP) is 3.61. The number of hydrogen-bond donors (Lipinski definition) is 0. The minimum Gasteiger partial charge on any atom is -0.330 e. The van der Waals surface area contributed by atoms with Crippen LogP contribution >= 0.6 is 15.9 Å². The summed E-state index contributed by atoms with van der Waals surface area (Å²) in [5.41, 5.74) is 4.69. The van der Waals surface area contributed by atoms with E-state index in [1.54, 1.807) is 23.0 Å². The van der Waals surface area contributed by atoms with E-state index in [1.165, 1.54) is 11.1 Å². The zero-order valence-corrected chi connectivity index (χ0v) is 17.5. The molecule has 2 aliphatic heterocycles. The van der Waals surface area contributed by atoms with Crippen LogP contribution in [0.4, 0.5) is 5.69 Å². The molecule has 0 saturated heterocycles. The standard InChI is InChI=1S/C21H19BrN6O/c1-14-16-4-2-5-19(26-8-3-7-23-13-26)17(16)6-9-27(14)21(29)18-10-20-24-11-15(22)12-28(20)25-18/h2-5,7-8,10-12,14H,6,9,13H2,1H3. The third-order valence-electron chi connectivity index (χ3n) is 5.47. The number of benzene rings is 1. The first-order chi connectivity index (χ1) is 14.1. The molecule has 2 aliphatic rings. The van der Waals surface area contributed by atoms with E-state index in [0.717, 1.165) is 16.6 Å². The Morgan fingerprint density at radius 3 is 3.03 bits per heavy atom. The third-order valence-corrected chi connectivity index (χ3v) is 5.88. The molecule has 4 heterocycles. The van der Waals surface area contributed by atoms with Crippen molar-refractivity contribution in [1.82, 2.24) is 19.5 Å². The number of aliphatic imine (C=N–C) groups is 1. The Morgan fingerprint density at radius 2 is 2.21 bits per heavy atom. The normalized spacial score (nSPS) is 18.3. The van der Waals surface area contributed by atoms with Crippen molar-refractivity contribution < 1.29 is 4.79 Å². The van der Waals surface area contributed by atoms with Crippen LogP contribution in [0.15, 0.2) is 58.4 Å². The van der Waals surface area contributed by atoms with Crippen LogP contribution < -0.4 is 4.90 Å². The van der Waals surface area contributed by atoms with Crippen LogP contribution in [0.2, 0.25) is 0 Å². The maximum Gasteiger partial charge on any atom is 0.274 e. The molecule has 3 aromatic rings. The molecule has 0 aliphatic carbocycles. The van der Waals surface area contributed by atoms with Crippen LogP contribution in [-0.4, -0.2) is 44.8 Å². The minimum atomic E-state index is -0.0716. The van der Waals surface area contributed by atoms with Crippen molar-refractivity contribution in [1.29, 1.82) is 0 Å². The van der Waals surface area contributed by atoms with Crippen LogP contribution in [0, 0.1) is 0 Å². The summed E-state index contributed by atoms with van der Waals surface area (Å²) in [6.45, 7) is 3.35. The van der Waals surface area contributed by atoms with Gasteiger partial charge in [-0.05, 0) is 52.5 Å². The van der Waals surface area contributed by atoms with Crippen LogP contribution in [0.1, 0.15) is 34.6 Å². The molecular formula is C21H19BrN6O. The van der Waals surface area contributed by atoms with E-state index in [9.17, 15) is 4.79 Å². The highest BCUT2D eigenvalue weighted by molar-refractivity contribution is 9.10. The quantitative estimate of drug-likeness (QED) is 0.597. The van der Waals surface area contributed by atoms with Crippen molar-refractivity contribution in [3.8, 4) is 0 Å². The second-order valence-electron chi connectivity index (χ2n) is 7.16. The molecule has 1 amide bonds. The number of allylic oxidation sites excluding steroid dienone is 1. The summed E-state index contributed by atoms with van der Waals surface area (Å²) in [5, 5.41) is 4.43. The lowest BCUT2D eigenvalue weighted by Gasteiger charge is -2.37. The van der Waals surface area contributed by atoms with Gasteiger partial charge >= 0.3 is 0 Å². The highest BCUT2D eigenvalue weighted by Gasteiger charge is 2.31. The Balaban J connectivity index is 1.46. The van der Waals surface area contributed by atoms with Crippen LogP contribution in [-0.2, 0) is 6.42 Å². The Bertz CT molecular complexity index is 1170. The lowest BCUT2D eigenvalue weighted by molar-refractivity contribution is 0.0671. The molecule has 1 unspecified atom stereocenters. The van der Waals surface area contributed by atoms with Crippen molar-refractivity contribution in [2.24, 2.45) is 4.99 Å². The molecular weight excluding hydrogens is 432 g/mol. The van der Waals surface area contributed by atoms with Gasteiger partial charge in [0, 0.05) is 43.1 Å². The van der Waals surface area contributed by atoms with Gasteiger partial charge in [-0.15, -0.1) is 0 Å². The van der Waals surface area contributed by atoms with Crippen molar-refractivity contribution in [3.05, 3.63) is 70.2 Å². The highest BCUT2D eigenvalue weighted by Crippen LogP contribution is 2.36. The number of carbonyl (C=O) groups excluding carboxylic acids is 1. The maximum atomic E-state index is 13.2. The number of fused-ring (bicyclic) bond motifs is 2. The number of anilines is 1. The first-order valence-electron chi connectivity index (χ1n) is 9.49. The number of hydrogen-bond acceptors (Lipinski definition) is 5. The molecule has 1 atom stereocenters. The summed E-state index contributed by atoms with van der Waals surface area (Å²) in [5.74, 6) is -0.0716. The van der Waals surface area contributed by atoms with Crippen LogP contribution in [0.5, 0.6) is 0 Å². The zero-order valence-electron chi connectivity index (χ0n) is 15.9. The summed E-state index contributed by atoms with van der Waals surface area (Å²) in [6.07, 6.45) is 10.1. The SMILES string of the molecule is CC1c2cccc(N3C=CC=NC3)c2CCN1C(=O)c1cc2ncc(Br)cn2n1. The average molecular weight is 451 g/mol. The van der Waals surface area contributed by atoms with Gasteiger partial charge < -0.3 is 9.80 Å². The smallest absolute Gasteiger partial charge is 0.274 e. The molecule has 1 aromatic carbocycles. The van der Waals surface area contributed by atoms with E-state index in [0.29, 0.717) is 24.6 Å². The maximum absolute atomic E-state index is 13.2. The van der Waals surface area contributed by atoms with E-state index < -0.39 is 0 Å². The van der Waals surface area contributed by atoms with Gasteiger partial charge in [-0.2, -0.15) is 5.10 Å². The molecule has 2 aromatic heterocycles. The first-order valence-corrected chi connectivity index (χ1v) is 10.3. The Kier molecular flexibility index (Phi) is 4.43. The number of carbonyl (C=O) groups is 1. The number of halogens is 1. The van der Waals surface area contributed by atoms with Gasteiger partial charge in [-0.3, -0.25) is 9.79 Å². The molecule has 0 radical (unpaired) electrons. The highest BCUT2D eigenvalue weighted by atomic mass is 79.9. The fourth-order valence-electron chi connectivity index (χ4n) is 4.04. The van der Waals surface area contributed by atoms with E-state index in [1.807, 2.05) is 23.4 Å². The molecule has 5 rings (SSSR count). The Hall–Kier alpha value is -3.00. The second kappa shape index (κ2) is 7.11. The van der Waals surface area contributed by atoms with Gasteiger partial charge in [0.05, 0.1) is 10.5 Å². The van der Waals surface area contributed by atoms with Crippen LogP contribution in [0.25, 0.3) is 5.65 Å². The molecule has 146 valence electrons. The molecule has 7 nitrogen and oxygen atoms in total. The van der Waals surface area contributed by atoms with Gasteiger partial charge in [0.15, 0.2) is 11.3 Å². The van der Waals surface area contributed by atoms with E-state index >= 15 is 0 Å². The van der Waals surface area contributed by atoms with Crippen molar-refractivity contribution in [2.45, 2.75) is 19.4 Å². The number of aromatic nitrogens is 3. The second-order valence-corrected chi connectivity index (χ2v) is 8.07. The van der Waals surface area contributed by atoms with E-state index in [4.69, 9.17) is 0 Å². The predicted molar refractivity (Wildman–Crippen MR) is 115 cm³/mol. The fraction of sp³-hybridized carbons (Fsp3) is 0.238. The summed E-state index contributed by atoms with van der Waals surface area (Å²) >= 11 is 3.39. The van der Waals surface area contributed by atoms with Gasteiger partial charge in [-0.25, -0.2) is 9.50 Å². The molecule has 0 fully saturated rings. The largest absolute Gasteiger partial charge is 0.330 e. The zero-order chi connectivity index (χ0) is 20.0. The molecule has 0 spiro atoms. The van der Waals surface area contributed by atoms with Gasteiger partial charge in [0.1, 0.15) is 6.67 Å². The van der Waals surface area contributed by atoms with Gasteiger partial charge in [0.25, 0.3) is 5.91 Å². The van der Waals surface area contributed by atoms with Crippen molar-refractivity contribution >= 4 is 39.4 Å². The number of nitrogens with zero attached hydrogens (tertiary/aromatic N) is 6. The average Bonchev–Trinajstić information content (AvgIpc) is 3.17. The van der Waals surface area contributed by atoms with Gasteiger partial charge in [0.2, 0.25) is 0 Å². The molecule has 0 saturated carbocycles. The molecule has 8 heteroatoms. The summed E-state index contributed by atoms with van der Waals surface area (Å²) in [6, 6.07) is 8.00. The third kappa shape index (κ3) is 3.13. The first kappa shape index (κ1) is 18.1. The fourth-order valence-corrected chi connectivity index (χ4v) is 4.34. The van der Waals surface area contributed by atoms with E-state index in [-0.39, 0.29) is 11.9 Å². The summed E-state index contributed by atoms with van der Waals surface area (Å²) in [7, 11) is 0. The van der Waals surface area contributed by atoms with Crippen LogP contribution in [0.3, 0.4) is 0 Å². The Labute approximate surface area is 176 Å². The molecule has 0 bridgehead atoms. The number of rotatable bonds is 2. The number of amides is 1.